The smallest absolute Gasteiger partial charge is 0.407 e. The Bertz CT molecular complexity index is 958. The Labute approximate surface area is 192 Å². The second-order valence-corrected chi connectivity index (χ2v) is 9.43. The lowest BCUT2D eigenvalue weighted by Crippen LogP contribution is -2.45. The number of nitrogens with one attached hydrogen (secondary N) is 1. The Kier molecular flexibility index (Phi) is 8.26. The molecule has 0 radical (unpaired) electrons. The number of aliphatic hydroxyl groups is 1. The van der Waals surface area contributed by atoms with Gasteiger partial charge in [-0.2, -0.15) is 0 Å². The predicted octanol–water partition coefficient (Wildman–Crippen LogP) is 5.06. The summed E-state index contributed by atoms with van der Waals surface area (Å²) in [7, 11) is 0. The molecule has 1 amide bonds. The minimum atomic E-state index is -1.52. The van der Waals surface area contributed by atoms with Gasteiger partial charge in [0.1, 0.15) is 11.4 Å². The molecule has 2 atom stereocenters. The second kappa shape index (κ2) is 10.3. The minimum Gasteiger partial charge on any atom is -0.481 e. The number of carboxylic acid groups (broad SMARTS) is 1. The van der Waals surface area contributed by atoms with Gasteiger partial charge in [0.05, 0.1) is 12.0 Å². The van der Waals surface area contributed by atoms with E-state index < -0.39 is 41.5 Å². The summed E-state index contributed by atoms with van der Waals surface area (Å²) >= 11 is 5.96. The van der Waals surface area contributed by atoms with E-state index in [1.54, 1.807) is 52.0 Å². The molecule has 3 N–H and O–H groups in total. The highest BCUT2D eigenvalue weighted by Gasteiger charge is 2.40. The van der Waals surface area contributed by atoms with Crippen molar-refractivity contribution in [2.45, 2.75) is 52.2 Å². The third-order valence-corrected chi connectivity index (χ3v) is 5.19. The molecule has 0 aliphatic heterocycles. The third kappa shape index (κ3) is 6.93. The first-order chi connectivity index (χ1) is 14.8. The quantitative estimate of drug-likeness (QED) is 0.506. The van der Waals surface area contributed by atoms with E-state index in [0.717, 1.165) is 0 Å². The number of ether oxygens (including phenoxy) is 1. The van der Waals surface area contributed by atoms with Crippen molar-refractivity contribution < 1.29 is 28.9 Å². The van der Waals surface area contributed by atoms with Crippen LogP contribution in [0.4, 0.5) is 9.18 Å². The number of rotatable bonds is 8. The number of hydrogen-bond donors (Lipinski definition) is 3. The molecule has 0 saturated carbocycles. The zero-order valence-electron chi connectivity index (χ0n) is 18.6. The summed E-state index contributed by atoms with van der Waals surface area (Å²) < 4.78 is 19.3. The molecule has 0 unspecified atom stereocenters. The van der Waals surface area contributed by atoms with Crippen LogP contribution in [0, 0.1) is 11.2 Å². The van der Waals surface area contributed by atoms with Gasteiger partial charge in [-0.25, -0.2) is 9.18 Å². The highest BCUT2D eigenvalue weighted by Crippen LogP contribution is 2.31. The topological polar surface area (TPSA) is 95.9 Å². The molecule has 2 aromatic rings. The number of aliphatic hydroxyl groups excluding tert-OH is 1. The maximum atomic E-state index is 14.1. The van der Waals surface area contributed by atoms with Crippen LogP contribution in [0.1, 0.15) is 39.7 Å². The summed E-state index contributed by atoms with van der Waals surface area (Å²) in [5, 5.41) is 22.9. The molecule has 2 aromatic carbocycles. The van der Waals surface area contributed by atoms with Gasteiger partial charge in [0.25, 0.3) is 0 Å². The van der Waals surface area contributed by atoms with Gasteiger partial charge >= 0.3 is 12.1 Å². The monoisotopic (exact) mass is 465 g/mol. The Morgan fingerprint density at radius 2 is 1.78 bits per heavy atom. The summed E-state index contributed by atoms with van der Waals surface area (Å²) in [6.45, 7) is 6.22. The first-order valence-corrected chi connectivity index (χ1v) is 10.6. The summed E-state index contributed by atoms with van der Waals surface area (Å²) in [5.41, 5.74) is -0.617. The van der Waals surface area contributed by atoms with Crippen molar-refractivity contribution >= 4 is 23.7 Å². The molecular formula is C24H29ClFNO5. The van der Waals surface area contributed by atoms with Crippen molar-refractivity contribution in [1.82, 2.24) is 5.32 Å². The summed E-state index contributed by atoms with van der Waals surface area (Å²) in [6.07, 6.45) is -0.643. The van der Waals surface area contributed by atoms with Gasteiger partial charge in [-0.05, 0) is 69.9 Å². The van der Waals surface area contributed by atoms with E-state index >= 15 is 0 Å². The van der Waals surface area contributed by atoms with Crippen LogP contribution >= 0.6 is 11.6 Å². The van der Waals surface area contributed by atoms with Gasteiger partial charge in [-0.3, -0.25) is 4.79 Å². The SMILES string of the molecule is C[C@H](C[C@](CO)(Cc1ccc(-c2cc(Cl)ccc2F)cc1)C(=O)O)NC(=O)OC(C)(C)C. The number of amides is 1. The number of aliphatic carboxylic acids is 1. The summed E-state index contributed by atoms with van der Waals surface area (Å²) in [6, 6.07) is 10.4. The Balaban J connectivity index is 2.18. The van der Waals surface area contributed by atoms with Crippen LogP contribution in [0.3, 0.4) is 0 Å². The van der Waals surface area contributed by atoms with Gasteiger partial charge in [-0.1, -0.05) is 35.9 Å². The molecular weight excluding hydrogens is 437 g/mol. The van der Waals surface area contributed by atoms with Gasteiger partial charge in [0, 0.05) is 16.6 Å². The molecule has 0 aromatic heterocycles. The van der Waals surface area contributed by atoms with Crippen molar-refractivity contribution in [3.63, 3.8) is 0 Å². The van der Waals surface area contributed by atoms with Gasteiger partial charge < -0.3 is 20.3 Å². The Morgan fingerprint density at radius 1 is 1.16 bits per heavy atom. The van der Waals surface area contributed by atoms with Crippen molar-refractivity contribution in [2.75, 3.05) is 6.61 Å². The number of hydrogen-bond acceptors (Lipinski definition) is 4. The summed E-state index contributed by atoms with van der Waals surface area (Å²) in [5.74, 6) is -1.60. The first-order valence-electron chi connectivity index (χ1n) is 10.2. The van der Waals surface area contributed by atoms with Gasteiger partial charge in [0.15, 0.2) is 0 Å². The largest absolute Gasteiger partial charge is 0.481 e. The van der Waals surface area contributed by atoms with E-state index in [1.165, 1.54) is 18.2 Å². The third-order valence-electron chi connectivity index (χ3n) is 4.95. The highest BCUT2D eigenvalue weighted by atomic mass is 35.5. The minimum absolute atomic E-state index is 0.0112. The standard InChI is InChI=1S/C24H29ClFNO5/c1-15(27-22(31)32-23(2,3)4)12-24(14-28,21(29)30)13-16-5-7-17(8-6-16)19-11-18(25)9-10-20(19)26/h5-11,15,28H,12-14H2,1-4H3,(H,27,31)(H,29,30)/t15-,24-/m1/s1. The van der Waals surface area contributed by atoms with Crippen molar-refractivity contribution in [1.29, 1.82) is 0 Å². The molecule has 6 nitrogen and oxygen atoms in total. The highest BCUT2D eigenvalue weighted by molar-refractivity contribution is 6.30. The van der Waals surface area contributed by atoms with Crippen LogP contribution < -0.4 is 5.32 Å². The number of carbonyl (C=O) groups is 2. The number of benzene rings is 2. The molecule has 0 heterocycles. The molecule has 0 aliphatic carbocycles. The molecule has 174 valence electrons. The van der Waals surface area contributed by atoms with Crippen molar-refractivity contribution in [2.24, 2.45) is 5.41 Å². The molecule has 0 saturated heterocycles. The Hall–Kier alpha value is -2.64. The van der Waals surface area contributed by atoms with Crippen LogP contribution in [0.5, 0.6) is 0 Å². The molecule has 32 heavy (non-hydrogen) atoms. The molecule has 0 spiro atoms. The van der Waals surface area contributed by atoms with Gasteiger partial charge in [0.2, 0.25) is 0 Å². The lowest BCUT2D eigenvalue weighted by atomic mass is 9.77. The number of carboxylic acids is 1. The van der Waals surface area contributed by atoms with E-state index in [2.05, 4.69) is 5.32 Å². The van der Waals surface area contributed by atoms with E-state index in [9.17, 15) is 24.2 Å². The molecule has 2 rings (SSSR count). The zero-order valence-corrected chi connectivity index (χ0v) is 19.4. The maximum absolute atomic E-state index is 14.1. The van der Waals surface area contributed by atoms with Crippen molar-refractivity contribution in [3.8, 4) is 11.1 Å². The number of carbonyl (C=O) groups excluding carboxylic acids is 1. The molecule has 0 fully saturated rings. The van der Waals surface area contributed by atoms with Crippen LogP contribution in [0.25, 0.3) is 11.1 Å². The van der Waals surface area contributed by atoms with E-state index in [-0.39, 0.29) is 12.8 Å². The molecule has 0 aliphatic rings. The van der Waals surface area contributed by atoms with Gasteiger partial charge in [-0.15, -0.1) is 0 Å². The fourth-order valence-electron chi connectivity index (χ4n) is 3.48. The number of halogens is 2. The summed E-state index contributed by atoms with van der Waals surface area (Å²) in [4.78, 5) is 24.1. The fraction of sp³-hybridized carbons (Fsp3) is 0.417. The van der Waals surface area contributed by atoms with E-state index in [1.807, 2.05) is 0 Å². The maximum Gasteiger partial charge on any atom is 0.407 e. The average molecular weight is 466 g/mol. The van der Waals surface area contributed by atoms with Crippen molar-refractivity contribution in [3.05, 3.63) is 58.9 Å². The van der Waals surface area contributed by atoms with Crippen LogP contribution in [0.2, 0.25) is 5.02 Å². The zero-order chi connectivity index (χ0) is 24.1. The van der Waals surface area contributed by atoms with Crippen LogP contribution in [0.15, 0.2) is 42.5 Å². The van der Waals surface area contributed by atoms with Crippen LogP contribution in [-0.2, 0) is 16.0 Å². The molecule has 0 bridgehead atoms. The second-order valence-electron chi connectivity index (χ2n) is 8.99. The predicted molar refractivity (Wildman–Crippen MR) is 121 cm³/mol. The van der Waals surface area contributed by atoms with Crippen LogP contribution in [-0.4, -0.2) is 40.5 Å². The lowest BCUT2D eigenvalue weighted by Gasteiger charge is -2.31. The number of alkyl carbamates (subject to hydrolysis) is 1. The van der Waals surface area contributed by atoms with E-state index in [0.29, 0.717) is 21.7 Å². The molecule has 8 heteroatoms. The average Bonchev–Trinajstić information content (AvgIpc) is 2.68. The fourth-order valence-corrected chi connectivity index (χ4v) is 3.65. The Morgan fingerprint density at radius 3 is 2.31 bits per heavy atom. The first kappa shape index (κ1) is 25.6. The normalized spacial score (nSPS) is 14.3. The van der Waals surface area contributed by atoms with E-state index in [4.69, 9.17) is 16.3 Å². The lowest BCUT2D eigenvalue weighted by molar-refractivity contribution is -0.152.